The maximum absolute atomic E-state index is 5.99. The van der Waals surface area contributed by atoms with Crippen molar-refractivity contribution in [3.63, 3.8) is 0 Å². The van der Waals surface area contributed by atoms with Crippen LogP contribution in [0.5, 0.6) is 17.2 Å². The number of nitrogens with one attached hydrogen (secondary N) is 2. The van der Waals surface area contributed by atoms with Gasteiger partial charge in [-0.2, -0.15) is 4.98 Å². The maximum atomic E-state index is 5.99. The molecule has 0 radical (unpaired) electrons. The smallest absolute Gasteiger partial charge is 0.229 e. The van der Waals surface area contributed by atoms with E-state index in [4.69, 9.17) is 9.47 Å². The first kappa shape index (κ1) is 18.3. The van der Waals surface area contributed by atoms with E-state index in [1.54, 1.807) is 19.4 Å². The molecule has 0 aliphatic rings. The molecular formula is C23H20N4O2. The van der Waals surface area contributed by atoms with Gasteiger partial charge in [-0.3, -0.25) is 0 Å². The van der Waals surface area contributed by atoms with Crippen molar-refractivity contribution in [1.29, 1.82) is 0 Å². The second-order valence-corrected chi connectivity index (χ2v) is 6.13. The Balaban J connectivity index is 1.54. The van der Waals surface area contributed by atoms with Crippen molar-refractivity contribution in [2.24, 2.45) is 0 Å². The van der Waals surface area contributed by atoms with Crippen LogP contribution in [0.1, 0.15) is 0 Å². The lowest BCUT2D eigenvalue weighted by molar-refractivity contribution is 0.417. The molecule has 0 amide bonds. The molecule has 6 heteroatoms. The summed E-state index contributed by atoms with van der Waals surface area (Å²) in [6.07, 6.45) is 1.69. The van der Waals surface area contributed by atoms with Gasteiger partial charge in [0.25, 0.3) is 0 Å². The molecule has 0 saturated heterocycles. The van der Waals surface area contributed by atoms with Crippen LogP contribution in [0.4, 0.5) is 23.1 Å². The number of ether oxygens (including phenoxy) is 2. The van der Waals surface area contributed by atoms with Gasteiger partial charge in [-0.15, -0.1) is 0 Å². The van der Waals surface area contributed by atoms with Gasteiger partial charge in [-0.05, 0) is 42.5 Å². The van der Waals surface area contributed by atoms with Crippen LogP contribution in [0.2, 0.25) is 0 Å². The monoisotopic (exact) mass is 384 g/mol. The minimum Gasteiger partial charge on any atom is -0.495 e. The molecule has 0 aliphatic heterocycles. The van der Waals surface area contributed by atoms with Gasteiger partial charge in [0, 0.05) is 6.20 Å². The van der Waals surface area contributed by atoms with E-state index >= 15 is 0 Å². The first-order chi connectivity index (χ1) is 14.3. The SMILES string of the molecule is COc1ccccc1Nc1ccnc(Nc2ccccc2Oc2ccccc2)n1. The summed E-state index contributed by atoms with van der Waals surface area (Å²) in [5, 5.41) is 6.49. The average Bonchev–Trinajstić information content (AvgIpc) is 2.77. The van der Waals surface area contributed by atoms with Gasteiger partial charge in [-0.25, -0.2) is 4.98 Å². The summed E-state index contributed by atoms with van der Waals surface area (Å²) in [6.45, 7) is 0. The van der Waals surface area contributed by atoms with Crippen LogP contribution in [0.15, 0.2) is 91.1 Å². The zero-order chi connectivity index (χ0) is 19.9. The number of methoxy groups -OCH3 is 1. The molecule has 1 aromatic heterocycles. The third-order valence-electron chi connectivity index (χ3n) is 4.13. The highest BCUT2D eigenvalue weighted by Crippen LogP contribution is 2.31. The number of rotatable bonds is 7. The van der Waals surface area contributed by atoms with Crippen molar-refractivity contribution in [2.45, 2.75) is 0 Å². The molecule has 29 heavy (non-hydrogen) atoms. The summed E-state index contributed by atoms with van der Waals surface area (Å²) in [5.74, 6) is 3.28. The average molecular weight is 384 g/mol. The van der Waals surface area contributed by atoms with Crippen molar-refractivity contribution >= 4 is 23.1 Å². The largest absolute Gasteiger partial charge is 0.495 e. The lowest BCUT2D eigenvalue weighted by Crippen LogP contribution is -2.02. The van der Waals surface area contributed by atoms with Crippen LogP contribution >= 0.6 is 0 Å². The Hall–Kier alpha value is -4.06. The molecule has 4 aromatic rings. The highest BCUT2D eigenvalue weighted by Gasteiger charge is 2.08. The summed E-state index contributed by atoms with van der Waals surface area (Å²) >= 11 is 0. The predicted octanol–water partition coefficient (Wildman–Crippen LogP) is 5.76. The minimum atomic E-state index is 0.453. The van der Waals surface area contributed by atoms with Gasteiger partial charge in [0.1, 0.15) is 17.3 Å². The second kappa shape index (κ2) is 8.75. The number of para-hydroxylation sites is 5. The highest BCUT2D eigenvalue weighted by atomic mass is 16.5. The van der Waals surface area contributed by atoms with Crippen molar-refractivity contribution in [2.75, 3.05) is 17.7 Å². The first-order valence-electron chi connectivity index (χ1n) is 9.14. The van der Waals surface area contributed by atoms with E-state index in [2.05, 4.69) is 20.6 Å². The fraction of sp³-hybridized carbons (Fsp3) is 0.0435. The number of aromatic nitrogens is 2. The van der Waals surface area contributed by atoms with Crippen molar-refractivity contribution in [3.05, 3.63) is 91.1 Å². The third-order valence-corrected chi connectivity index (χ3v) is 4.13. The lowest BCUT2D eigenvalue weighted by atomic mass is 10.3. The zero-order valence-corrected chi connectivity index (χ0v) is 15.9. The lowest BCUT2D eigenvalue weighted by Gasteiger charge is -2.13. The fourth-order valence-corrected chi connectivity index (χ4v) is 2.77. The van der Waals surface area contributed by atoms with E-state index in [0.717, 1.165) is 22.9 Å². The summed E-state index contributed by atoms with van der Waals surface area (Å²) in [5.41, 5.74) is 1.60. The number of anilines is 4. The van der Waals surface area contributed by atoms with Crippen LogP contribution in [0.25, 0.3) is 0 Å². The van der Waals surface area contributed by atoms with Crippen LogP contribution in [0.3, 0.4) is 0 Å². The summed E-state index contributed by atoms with van der Waals surface area (Å²) in [7, 11) is 1.64. The van der Waals surface area contributed by atoms with E-state index in [9.17, 15) is 0 Å². The molecule has 0 atom stereocenters. The van der Waals surface area contributed by atoms with Gasteiger partial charge in [0.2, 0.25) is 5.95 Å². The molecule has 0 bridgehead atoms. The fourth-order valence-electron chi connectivity index (χ4n) is 2.77. The molecule has 3 aromatic carbocycles. The Morgan fingerprint density at radius 1 is 0.690 bits per heavy atom. The Kier molecular flexibility index (Phi) is 5.53. The molecule has 4 rings (SSSR count). The van der Waals surface area contributed by atoms with Gasteiger partial charge in [0.05, 0.1) is 18.5 Å². The Bertz CT molecular complexity index is 1090. The van der Waals surface area contributed by atoms with Crippen LogP contribution in [-0.2, 0) is 0 Å². The van der Waals surface area contributed by atoms with Gasteiger partial charge < -0.3 is 20.1 Å². The Labute approximate surface area is 169 Å². The minimum absolute atomic E-state index is 0.453. The second-order valence-electron chi connectivity index (χ2n) is 6.13. The molecule has 0 saturated carbocycles. The molecule has 1 heterocycles. The topological polar surface area (TPSA) is 68.3 Å². The van der Waals surface area contributed by atoms with E-state index in [1.807, 2.05) is 78.9 Å². The van der Waals surface area contributed by atoms with Crippen molar-refractivity contribution < 1.29 is 9.47 Å². The zero-order valence-electron chi connectivity index (χ0n) is 15.9. The van der Waals surface area contributed by atoms with Gasteiger partial charge >= 0.3 is 0 Å². The van der Waals surface area contributed by atoms with Crippen LogP contribution in [0, 0.1) is 0 Å². The van der Waals surface area contributed by atoms with E-state index in [0.29, 0.717) is 17.5 Å². The summed E-state index contributed by atoms with van der Waals surface area (Å²) in [4.78, 5) is 8.86. The first-order valence-corrected chi connectivity index (χ1v) is 9.14. The predicted molar refractivity (Wildman–Crippen MR) is 115 cm³/mol. The maximum Gasteiger partial charge on any atom is 0.229 e. The summed E-state index contributed by atoms with van der Waals surface area (Å²) < 4.78 is 11.4. The van der Waals surface area contributed by atoms with Gasteiger partial charge in [0.15, 0.2) is 5.75 Å². The van der Waals surface area contributed by atoms with Crippen LogP contribution < -0.4 is 20.1 Å². The van der Waals surface area contributed by atoms with E-state index in [1.165, 1.54) is 0 Å². The molecule has 0 unspecified atom stereocenters. The molecule has 0 fully saturated rings. The molecule has 6 nitrogen and oxygen atoms in total. The quantitative estimate of drug-likeness (QED) is 0.422. The van der Waals surface area contributed by atoms with Crippen molar-refractivity contribution in [3.8, 4) is 17.2 Å². The van der Waals surface area contributed by atoms with E-state index in [-0.39, 0.29) is 0 Å². The third kappa shape index (κ3) is 4.62. The Morgan fingerprint density at radius 3 is 2.10 bits per heavy atom. The molecular weight excluding hydrogens is 364 g/mol. The Morgan fingerprint density at radius 2 is 1.34 bits per heavy atom. The molecule has 2 N–H and O–H groups in total. The van der Waals surface area contributed by atoms with E-state index < -0.39 is 0 Å². The molecule has 0 aliphatic carbocycles. The normalized spacial score (nSPS) is 10.2. The molecule has 144 valence electrons. The molecule has 0 spiro atoms. The summed E-state index contributed by atoms with van der Waals surface area (Å²) in [6, 6.07) is 26.8. The standard InChI is InChI=1S/C23H20N4O2/c1-28-20-13-7-5-11-18(20)25-22-15-16-24-23(27-22)26-19-12-6-8-14-21(19)29-17-9-3-2-4-10-17/h2-16H,1H3,(H2,24,25,26,27). The number of benzene rings is 3. The number of hydrogen-bond acceptors (Lipinski definition) is 6. The van der Waals surface area contributed by atoms with Crippen molar-refractivity contribution in [1.82, 2.24) is 9.97 Å². The number of hydrogen-bond donors (Lipinski definition) is 2. The van der Waals surface area contributed by atoms with Gasteiger partial charge in [-0.1, -0.05) is 42.5 Å². The number of nitrogens with zero attached hydrogens (tertiary/aromatic N) is 2. The van der Waals surface area contributed by atoms with Crippen LogP contribution in [-0.4, -0.2) is 17.1 Å². The highest BCUT2D eigenvalue weighted by molar-refractivity contribution is 5.67.